The summed E-state index contributed by atoms with van der Waals surface area (Å²) in [5.41, 5.74) is 1.89. The average Bonchev–Trinajstić information content (AvgIpc) is 3.27. The largest absolute Gasteiger partial charge is 0.497 e. The van der Waals surface area contributed by atoms with Crippen molar-refractivity contribution in [2.75, 3.05) is 19.5 Å². The Kier molecular flexibility index (Phi) is 5.45. The molecule has 0 saturated heterocycles. The molecular weight excluding hydrogens is 412 g/mol. The second-order valence-corrected chi connectivity index (χ2v) is 7.87. The standard InChI is InChI=1S/C23H20N4O3S/c1-28-18-8-6-17(7-9-18)27-22(16-10-12-24-13-11-16)25-26-23(27)31-15-19-14-29-20-4-2-3-5-21(20)30-19/h2-13,19H,14-15H2,1H3/t19-/m1/s1. The second-order valence-electron chi connectivity index (χ2n) is 6.88. The molecule has 8 heteroatoms. The van der Waals surface area contributed by atoms with Crippen molar-refractivity contribution < 1.29 is 14.2 Å². The molecule has 156 valence electrons. The highest BCUT2D eigenvalue weighted by molar-refractivity contribution is 7.99. The van der Waals surface area contributed by atoms with Crippen molar-refractivity contribution in [2.24, 2.45) is 0 Å². The summed E-state index contributed by atoms with van der Waals surface area (Å²) < 4.78 is 19.3. The summed E-state index contributed by atoms with van der Waals surface area (Å²) in [6.07, 6.45) is 3.42. The van der Waals surface area contributed by atoms with Crippen LogP contribution >= 0.6 is 11.8 Å². The predicted octanol–water partition coefficient (Wildman–Crippen LogP) is 4.27. The molecule has 0 unspecified atom stereocenters. The molecule has 31 heavy (non-hydrogen) atoms. The zero-order valence-corrected chi connectivity index (χ0v) is 17.7. The maximum Gasteiger partial charge on any atom is 0.196 e. The Morgan fingerprint density at radius 3 is 2.55 bits per heavy atom. The molecule has 0 fully saturated rings. The number of rotatable bonds is 6. The number of fused-ring (bicyclic) bond motifs is 1. The first kappa shape index (κ1) is 19.4. The highest BCUT2D eigenvalue weighted by Gasteiger charge is 2.23. The fraction of sp³-hybridized carbons (Fsp3) is 0.174. The van der Waals surface area contributed by atoms with Gasteiger partial charge in [0.05, 0.1) is 7.11 Å². The molecule has 2 aromatic carbocycles. The van der Waals surface area contributed by atoms with Crippen molar-refractivity contribution in [1.29, 1.82) is 0 Å². The van der Waals surface area contributed by atoms with E-state index in [9.17, 15) is 0 Å². The molecule has 0 bridgehead atoms. The van der Waals surface area contributed by atoms with Gasteiger partial charge in [-0.1, -0.05) is 23.9 Å². The maximum absolute atomic E-state index is 6.09. The van der Waals surface area contributed by atoms with Crippen LogP contribution in [0.15, 0.2) is 78.2 Å². The van der Waals surface area contributed by atoms with Crippen LogP contribution in [0.3, 0.4) is 0 Å². The molecule has 0 radical (unpaired) electrons. The van der Waals surface area contributed by atoms with Gasteiger partial charge in [0.15, 0.2) is 22.5 Å². The van der Waals surface area contributed by atoms with E-state index < -0.39 is 0 Å². The third-order valence-electron chi connectivity index (χ3n) is 4.87. The lowest BCUT2D eigenvalue weighted by Gasteiger charge is -2.26. The van der Waals surface area contributed by atoms with Gasteiger partial charge in [-0.2, -0.15) is 0 Å². The highest BCUT2D eigenvalue weighted by Crippen LogP contribution is 2.33. The van der Waals surface area contributed by atoms with Gasteiger partial charge >= 0.3 is 0 Å². The summed E-state index contributed by atoms with van der Waals surface area (Å²) in [6.45, 7) is 0.498. The molecule has 1 aliphatic heterocycles. The molecule has 0 saturated carbocycles. The Labute approximate surface area is 184 Å². The molecular formula is C23H20N4O3S. The van der Waals surface area contributed by atoms with Crippen molar-refractivity contribution >= 4 is 11.8 Å². The SMILES string of the molecule is COc1ccc(-n2c(SC[C@H]3COc4ccccc4O3)nnc2-c2ccncc2)cc1. The Bertz CT molecular complexity index is 1170. The van der Waals surface area contributed by atoms with Crippen LogP contribution in [0.5, 0.6) is 17.2 Å². The van der Waals surface area contributed by atoms with E-state index >= 15 is 0 Å². The van der Waals surface area contributed by atoms with E-state index in [1.807, 2.05) is 65.2 Å². The summed E-state index contributed by atoms with van der Waals surface area (Å²) in [7, 11) is 1.65. The quantitative estimate of drug-likeness (QED) is 0.421. The van der Waals surface area contributed by atoms with Crippen LogP contribution < -0.4 is 14.2 Å². The molecule has 5 rings (SSSR count). The highest BCUT2D eigenvalue weighted by atomic mass is 32.2. The first-order chi connectivity index (χ1) is 15.3. The van der Waals surface area contributed by atoms with Crippen LogP contribution in [0, 0.1) is 0 Å². The monoisotopic (exact) mass is 432 g/mol. The summed E-state index contributed by atoms with van der Waals surface area (Å²) >= 11 is 1.59. The number of hydrogen-bond donors (Lipinski definition) is 0. The fourth-order valence-electron chi connectivity index (χ4n) is 3.33. The number of hydrogen-bond acceptors (Lipinski definition) is 7. The minimum atomic E-state index is -0.0784. The van der Waals surface area contributed by atoms with Crippen LogP contribution in [0.1, 0.15) is 0 Å². The number of thioether (sulfide) groups is 1. The first-order valence-corrected chi connectivity index (χ1v) is 10.8. The Balaban J connectivity index is 1.42. The molecule has 1 aliphatic rings. The van der Waals surface area contributed by atoms with E-state index in [2.05, 4.69) is 15.2 Å². The summed E-state index contributed by atoms with van der Waals surface area (Å²) in [5, 5.41) is 9.71. The molecule has 0 N–H and O–H groups in total. The van der Waals surface area contributed by atoms with Crippen molar-refractivity contribution in [3.05, 3.63) is 73.1 Å². The summed E-state index contributed by atoms with van der Waals surface area (Å²) in [6, 6.07) is 19.4. The normalized spacial score (nSPS) is 14.9. The van der Waals surface area contributed by atoms with E-state index in [1.54, 1.807) is 31.3 Å². The van der Waals surface area contributed by atoms with Crippen molar-refractivity contribution in [2.45, 2.75) is 11.3 Å². The number of nitrogens with zero attached hydrogens (tertiary/aromatic N) is 4. The van der Waals surface area contributed by atoms with Gasteiger partial charge in [-0.3, -0.25) is 9.55 Å². The van der Waals surface area contributed by atoms with Crippen molar-refractivity contribution in [1.82, 2.24) is 19.7 Å². The average molecular weight is 433 g/mol. The topological polar surface area (TPSA) is 71.3 Å². The smallest absolute Gasteiger partial charge is 0.196 e. The van der Waals surface area contributed by atoms with Gasteiger partial charge in [-0.25, -0.2) is 0 Å². The van der Waals surface area contributed by atoms with Crippen molar-refractivity contribution in [3.8, 4) is 34.3 Å². The van der Waals surface area contributed by atoms with Gasteiger partial charge in [0, 0.05) is 29.4 Å². The van der Waals surface area contributed by atoms with E-state index in [4.69, 9.17) is 14.2 Å². The van der Waals surface area contributed by atoms with Gasteiger partial charge in [-0.05, 0) is 48.5 Å². The molecule has 2 aromatic heterocycles. The molecule has 0 amide bonds. The fourth-order valence-corrected chi connectivity index (χ4v) is 4.25. The maximum atomic E-state index is 6.09. The first-order valence-electron chi connectivity index (χ1n) is 9.83. The molecule has 0 aliphatic carbocycles. The van der Waals surface area contributed by atoms with Crippen LogP contribution in [0.4, 0.5) is 0 Å². The predicted molar refractivity (Wildman–Crippen MR) is 118 cm³/mol. The third-order valence-corrected chi connectivity index (χ3v) is 5.93. The lowest BCUT2D eigenvalue weighted by molar-refractivity contribution is 0.107. The lowest BCUT2D eigenvalue weighted by Crippen LogP contribution is -2.31. The summed E-state index contributed by atoms with van der Waals surface area (Å²) in [5.74, 6) is 3.78. The number of ether oxygens (including phenoxy) is 3. The van der Waals surface area contributed by atoms with Gasteiger partial charge in [0.1, 0.15) is 18.5 Å². The van der Waals surface area contributed by atoms with Gasteiger partial charge in [0.2, 0.25) is 0 Å². The number of methoxy groups -OCH3 is 1. The van der Waals surface area contributed by atoms with Crippen molar-refractivity contribution in [3.63, 3.8) is 0 Å². The minimum Gasteiger partial charge on any atom is -0.497 e. The molecule has 4 aromatic rings. The zero-order valence-electron chi connectivity index (χ0n) is 16.8. The van der Waals surface area contributed by atoms with Crippen LogP contribution in [0.2, 0.25) is 0 Å². The van der Waals surface area contributed by atoms with Crippen LogP contribution in [-0.2, 0) is 0 Å². The van der Waals surface area contributed by atoms with E-state index in [1.165, 1.54) is 0 Å². The second kappa shape index (κ2) is 8.69. The number of pyridine rings is 1. The lowest BCUT2D eigenvalue weighted by atomic mass is 10.2. The van der Waals surface area contributed by atoms with E-state index in [0.29, 0.717) is 12.4 Å². The summed E-state index contributed by atoms with van der Waals surface area (Å²) in [4.78, 5) is 4.11. The third kappa shape index (κ3) is 4.06. The minimum absolute atomic E-state index is 0.0784. The number of aromatic nitrogens is 4. The van der Waals surface area contributed by atoms with Crippen LogP contribution in [0.25, 0.3) is 17.1 Å². The zero-order chi connectivity index (χ0) is 21.0. The van der Waals surface area contributed by atoms with E-state index in [0.717, 1.165) is 39.5 Å². The van der Waals surface area contributed by atoms with E-state index in [-0.39, 0.29) is 6.10 Å². The molecule has 3 heterocycles. The Morgan fingerprint density at radius 2 is 1.77 bits per heavy atom. The van der Waals surface area contributed by atoms with Gasteiger partial charge < -0.3 is 14.2 Å². The van der Waals surface area contributed by atoms with Gasteiger partial charge in [0.25, 0.3) is 0 Å². The Hall–Kier alpha value is -3.52. The number of para-hydroxylation sites is 2. The number of benzene rings is 2. The molecule has 7 nitrogen and oxygen atoms in total. The van der Waals surface area contributed by atoms with Crippen LogP contribution in [-0.4, -0.2) is 45.3 Å². The van der Waals surface area contributed by atoms with Gasteiger partial charge in [-0.15, -0.1) is 10.2 Å². The Morgan fingerprint density at radius 1 is 1.00 bits per heavy atom. The molecule has 1 atom stereocenters. The molecule has 0 spiro atoms.